The van der Waals surface area contributed by atoms with E-state index in [4.69, 9.17) is 4.74 Å². The zero-order valence-electron chi connectivity index (χ0n) is 15.0. The number of aromatic nitrogens is 2. The van der Waals surface area contributed by atoms with Gasteiger partial charge in [0.1, 0.15) is 17.6 Å². The predicted molar refractivity (Wildman–Crippen MR) is 107 cm³/mol. The number of halogens is 1. The average molecular weight is 441 g/mol. The number of fused-ring (bicyclic) bond motifs is 1. The van der Waals surface area contributed by atoms with Crippen LogP contribution in [-0.2, 0) is 4.79 Å². The molecule has 0 saturated heterocycles. The van der Waals surface area contributed by atoms with Crippen LogP contribution in [0.15, 0.2) is 59.3 Å². The van der Waals surface area contributed by atoms with Crippen molar-refractivity contribution in [1.29, 1.82) is 0 Å². The largest absolute Gasteiger partial charge is 0.482 e. The molecule has 1 aliphatic heterocycles. The van der Waals surface area contributed by atoms with Gasteiger partial charge in [-0.3, -0.25) is 9.59 Å². The van der Waals surface area contributed by atoms with Crippen molar-refractivity contribution in [2.24, 2.45) is 0 Å². The summed E-state index contributed by atoms with van der Waals surface area (Å²) in [7, 11) is 1.73. The van der Waals surface area contributed by atoms with Gasteiger partial charge in [-0.25, -0.2) is 4.98 Å². The van der Waals surface area contributed by atoms with Gasteiger partial charge in [-0.2, -0.15) is 0 Å². The van der Waals surface area contributed by atoms with Gasteiger partial charge in [-0.05, 0) is 33.6 Å². The minimum atomic E-state index is -0.382. The third-order valence-corrected chi connectivity index (χ3v) is 5.19. The standard InChI is InChI=1S/C20H17BrN4O3/c1-25(18(19-22-7-8-23-19)12-5-3-2-4-6-12)20(27)13-9-16-15(10-14(13)21)24-17(26)11-28-16/h2-10,18H,11H2,1H3,(H,22,23)(H,24,26)/t18-/m1/s1. The van der Waals surface area contributed by atoms with Crippen LogP contribution in [0.4, 0.5) is 5.69 Å². The highest BCUT2D eigenvalue weighted by Gasteiger charge is 2.29. The molecular formula is C20H17BrN4O3. The second-order valence-corrected chi connectivity index (χ2v) is 7.22. The van der Waals surface area contributed by atoms with Crippen molar-refractivity contribution >= 4 is 33.4 Å². The summed E-state index contributed by atoms with van der Waals surface area (Å²) in [4.78, 5) is 33.9. The summed E-state index contributed by atoms with van der Waals surface area (Å²) in [5, 5.41) is 2.73. The number of carbonyl (C=O) groups excluding carboxylic acids is 2. The summed E-state index contributed by atoms with van der Waals surface area (Å²) >= 11 is 3.44. The summed E-state index contributed by atoms with van der Waals surface area (Å²) in [6.45, 7) is -0.0723. The molecule has 142 valence electrons. The highest BCUT2D eigenvalue weighted by atomic mass is 79.9. The molecule has 7 nitrogen and oxygen atoms in total. The van der Waals surface area contributed by atoms with E-state index in [9.17, 15) is 9.59 Å². The lowest BCUT2D eigenvalue weighted by molar-refractivity contribution is -0.118. The summed E-state index contributed by atoms with van der Waals surface area (Å²) in [5.74, 6) is 0.700. The maximum absolute atomic E-state index is 13.3. The Labute approximate surface area is 169 Å². The first-order valence-corrected chi connectivity index (χ1v) is 9.41. The Kier molecular flexibility index (Phi) is 4.87. The Morgan fingerprint density at radius 3 is 2.79 bits per heavy atom. The number of hydrogen-bond acceptors (Lipinski definition) is 4. The molecule has 4 rings (SSSR count). The first kappa shape index (κ1) is 18.2. The van der Waals surface area contributed by atoms with Gasteiger partial charge in [0.15, 0.2) is 6.61 Å². The minimum Gasteiger partial charge on any atom is -0.482 e. The Bertz CT molecular complexity index is 1020. The van der Waals surface area contributed by atoms with Crippen LogP contribution in [0, 0.1) is 0 Å². The molecule has 2 N–H and O–H groups in total. The summed E-state index contributed by atoms with van der Waals surface area (Å²) in [6, 6.07) is 12.6. The van der Waals surface area contributed by atoms with E-state index < -0.39 is 0 Å². The number of anilines is 1. The van der Waals surface area contributed by atoms with Crippen LogP contribution in [0.5, 0.6) is 5.75 Å². The highest BCUT2D eigenvalue weighted by Crippen LogP contribution is 2.35. The monoisotopic (exact) mass is 440 g/mol. The third kappa shape index (κ3) is 3.38. The van der Waals surface area contributed by atoms with E-state index in [-0.39, 0.29) is 24.5 Å². The molecular weight excluding hydrogens is 424 g/mol. The van der Waals surface area contributed by atoms with Crippen molar-refractivity contribution in [3.8, 4) is 5.75 Å². The zero-order valence-corrected chi connectivity index (χ0v) is 16.6. The molecule has 0 unspecified atom stereocenters. The predicted octanol–water partition coefficient (Wildman–Crippen LogP) is 3.36. The lowest BCUT2D eigenvalue weighted by Gasteiger charge is -2.28. The molecule has 0 saturated carbocycles. The smallest absolute Gasteiger partial charge is 0.262 e. The van der Waals surface area contributed by atoms with Crippen LogP contribution in [0.3, 0.4) is 0 Å². The zero-order chi connectivity index (χ0) is 19.7. The van der Waals surface area contributed by atoms with Crippen molar-refractivity contribution in [3.63, 3.8) is 0 Å². The third-order valence-electron chi connectivity index (χ3n) is 4.53. The van der Waals surface area contributed by atoms with E-state index in [2.05, 4.69) is 31.2 Å². The minimum absolute atomic E-state index is 0.0723. The molecule has 1 aliphatic rings. The number of rotatable bonds is 4. The number of H-pyrrole nitrogens is 1. The molecule has 1 atom stereocenters. The number of nitrogens with one attached hydrogen (secondary N) is 2. The number of amides is 2. The normalized spacial score (nSPS) is 13.9. The average Bonchev–Trinajstić information content (AvgIpc) is 3.22. The van der Waals surface area contributed by atoms with E-state index >= 15 is 0 Å². The molecule has 0 aliphatic carbocycles. The van der Waals surface area contributed by atoms with E-state index in [1.165, 1.54) is 0 Å². The van der Waals surface area contributed by atoms with Gasteiger partial charge < -0.3 is 19.9 Å². The maximum Gasteiger partial charge on any atom is 0.262 e. The molecule has 0 fully saturated rings. The number of imidazole rings is 1. The quantitative estimate of drug-likeness (QED) is 0.650. The first-order valence-electron chi connectivity index (χ1n) is 8.62. The summed E-state index contributed by atoms with van der Waals surface area (Å²) in [6.07, 6.45) is 3.39. The lowest BCUT2D eigenvalue weighted by atomic mass is 10.0. The Morgan fingerprint density at radius 1 is 1.29 bits per heavy atom. The highest BCUT2D eigenvalue weighted by molar-refractivity contribution is 9.10. The van der Waals surface area contributed by atoms with E-state index in [0.29, 0.717) is 27.3 Å². The molecule has 2 aromatic carbocycles. The molecule has 0 bridgehead atoms. The number of ether oxygens (including phenoxy) is 1. The molecule has 0 spiro atoms. The molecule has 1 aromatic heterocycles. The van der Waals surface area contributed by atoms with Crippen LogP contribution in [0.2, 0.25) is 0 Å². The van der Waals surface area contributed by atoms with Crippen LogP contribution in [0.1, 0.15) is 27.8 Å². The van der Waals surface area contributed by atoms with Gasteiger partial charge in [-0.15, -0.1) is 0 Å². The van der Waals surface area contributed by atoms with E-state index in [0.717, 1.165) is 5.56 Å². The molecule has 28 heavy (non-hydrogen) atoms. The van der Waals surface area contributed by atoms with Crippen LogP contribution >= 0.6 is 15.9 Å². The maximum atomic E-state index is 13.3. The molecule has 0 radical (unpaired) electrons. The number of aromatic amines is 1. The number of nitrogens with zero attached hydrogens (tertiary/aromatic N) is 2. The van der Waals surface area contributed by atoms with Crippen molar-refractivity contribution in [2.75, 3.05) is 19.0 Å². The van der Waals surface area contributed by atoms with Crippen molar-refractivity contribution < 1.29 is 14.3 Å². The van der Waals surface area contributed by atoms with Gasteiger partial charge in [0, 0.05) is 23.9 Å². The van der Waals surface area contributed by atoms with Gasteiger partial charge in [0.2, 0.25) is 0 Å². The van der Waals surface area contributed by atoms with Crippen molar-refractivity contribution in [3.05, 3.63) is 76.3 Å². The van der Waals surface area contributed by atoms with Gasteiger partial charge in [0.05, 0.1) is 11.3 Å². The number of hydrogen-bond donors (Lipinski definition) is 2. The van der Waals surface area contributed by atoms with E-state index in [1.807, 2.05) is 30.3 Å². The van der Waals surface area contributed by atoms with Gasteiger partial charge >= 0.3 is 0 Å². The van der Waals surface area contributed by atoms with Crippen molar-refractivity contribution in [1.82, 2.24) is 14.9 Å². The van der Waals surface area contributed by atoms with E-state index in [1.54, 1.807) is 36.5 Å². The fraction of sp³-hybridized carbons (Fsp3) is 0.150. The van der Waals surface area contributed by atoms with Gasteiger partial charge in [-0.1, -0.05) is 30.3 Å². The second kappa shape index (κ2) is 7.47. The number of carbonyl (C=O) groups is 2. The lowest BCUT2D eigenvalue weighted by Crippen LogP contribution is -2.33. The van der Waals surface area contributed by atoms with Crippen molar-refractivity contribution in [2.45, 2.75) is 6.04 Å². The molecule has 3 aromatic rings. The van der Waals surface area contributed by atoms with Crippen LogP contribution < -0.4 is 10.1 Å². The SMILES string of the molecule is CN(C(=O)c1cc2c(cc1Br)NC(=O)CO2)[C@H](c1ccccc1)c1ncc[nH]1. The Balaban J connectivity index is 1.71. The van der Waals surface area contributed by atoms with Gasteiger partial charge in [0.25, 0.3) is 11.8 Å². The Morgan fingerprint density at radius 2 is 2.07 bits per heavy atom. The second-order valence-electron chi connectivity index (χ2n) is 6.37. The number of benzene rings is 2. The summed E-state index contributed by atoms with van der Waals surface area (Å²) < 4.78 is 6.03. The molecule has 8 heteroatoms. The summed E-state index contributed by atoms with van der Waals surface area (Å²) in [5.41, 5.74) is 1.91. The topological polar surface area (TPSA) is 87.3 Å². The molecule has 2 heterocycles. The Hall–Kier alpha value is -3.13. The molecule has 2 amide bonds. The fourth-order valence-corrected chi connectivity index (χ4v) is 3.71. The first-order chi connectivity index (χ1) is 13.5. The van der Waals surface area contributed by atoms with Crippen LogP contribution in [0.25, 0.3) is 0 Å². The van der Waals surface area contributed by atoms with Crippen LogP contribution in [-0.4, -0.2) is 40.3 Å². The fourth-order valence-electron chi connectivity index (χ4n) is 3.20.